The minimum absolute atomic E-state index is 0.953. The van der Waals surface area contributed by atoms with Gasteiger partial charge in [-0.25, -0.2) is 0 Å². The van der Waals surface area contributed by atoms with E-state index in [9.17, 15) is 0 Å². The molecule has 0 unspecified atom stereocenters. The second-order valence-corrected chi connectivity index (χ2v) is 19.1. The van der Waals surface area contributed by atoms with Crippen LogP contribution in [0.4, 0.5) is 0 Å². The molecule has 0 saturated carbocycles. The van der Waals surface area contributed by atoms with E-state index in [1.807, 2.05) is 0 Å². The fourth-order valence-corrected chi connectivity index (χ4v) is 10.7. The normalized spacial score (nSPS) is 12.4. The van der Waals surface area contributed by atoms with Crippen molar-refractivity contribution in [1.29, 1.82) is 0 Å². The van der Waals surface area contributed by atoms with Gasteiger partial charge >= 0.3 is 111 Å². The van der Waals surface area contributed by atoms with Crippen molar-refractivity contribution < 1.29 is 45.4 Å². The van der Waals surface area contributed by atoms with E-state index in [1.165, 1.54) is 22.5 Å². The average Bonchev–Trinajstić information content (AvgIpc) is 2.44. The predicted octanol–water partition coefficient (Wildman–Crippen LogP) is 1.41. The molecule has 0 aromatic heterocycles. The maximum atomic E-state index is 7.56. The first-order valence-electron chi connectivity index (χ1n) is 7.37. The summed E-state index contributed by atoms with van der Waals surface area (Å²) in [5, 5.41) is 0. The van der Waals surface area contributed by atoms with Crippen molar-refractivity contribution >= 4 is 41.0 Å². The van der Waals surface area contributed by atoms with Crippen LogP contribution in [0.15, 0.2) is 30.3 Å². The van der Waals surface area contributed by atoms with Gasteiger partial charge in [0.15, 0.2) is 0 Å². The van der Waals surface area contributed by atoms with Crippen LogP contribution >= 0.6 is 13.4 Å². The Morgan fingerprint density at radius 3 is 1.40 bits per heavy atom. The summed E-state index contributed by atoms with van der Waals surface area (Å²) in [4.78, 5) is 49.1. The van der Waals surface area contributed by atoms with Crippen molar-refractivity contribution in [2.24, 2.45) is 5.73 Å². The predicted molar refractivity (Wildman–Crippen MR) is 107 cm³/mol. The summed E-state index contributed by atoms with van der Waals surface area (Å²) in [5.74, 6) is 0. The first kappa shape index (κ1) is 28.1. The number of nitrogens with two attached hydrogens (primary N) is 1. The summed E-state index contributed by atoms with van der Waals surface area (Å²) in [6.07, 6.45) is 2.57. The summed E-state index contributed by atoms with van der Waals surface area (Å²) in [5.41, 5.74) is 6.10. The standard InChI is InChI=1S/C6H5.2C3H7.CH4N.Mo.2H3O3PS/c1-2-4-6-5-3-1;2*1-3-2;1-2;;2*1-4(2,3)5/h1-5H;2*1,3H2,2H3;1-2H2;;2*(H3,1,2,3,5). The Labute approximate surface area is 163 Å². The topological polar surface area (TPSA) is 147 Å². The van der Waals surface area contributed by atoms with E-state index in [-0.39, 0.29) is 0 Å². The third-order valence-corrected chi connectivity index (χ3v) is 13.3. The van der Waals surface area contributed by atoms with E-state index in [1.54, 1.807) is 3.95 Å². The molecule has 0 spiro atoms. The average molecular weight is 517 g/mol. The molecule has 0 fully saturated rings. The van der Waals surface area contributed by atoms with E-state index >= 15 is 0 Å². The zero-order valence-corrected chi connectivity index (χ0v) is 19.7. The summed E-state index contributed by atoms with van der Waals surface area (Å²) in [6.45, 7) is -3.04. The smallest absolute Gasteiger partial charge is 0.319 e. The molecule has 7 nitrogen and oxygen atoms in total. The molecule has 1 rings (SSSR count). The summed E-state index contributed by atoms with van der Waals surface area (Å²) in [6, 6.07) is 11.0. The molecule has 0 radical (unpaired) electrons. The van der Waals surface area contributed by atoms with E-state index in [0.29, 0.717) is 0 Å². The molecule has 0 aliphatic heterocycles. The first-order valence-corrected chi connectivity index (χ1v) is 18.0. The maximum Gasteiger partial charge on any atom is 0.319 e. The van der Waals surface area contributed by atoms with Crippen LogP contribution in [0.25, 0.3) is 0 Å². The summed E-state index contributed by atoms with van der Waals surface area (Å²) in [7, 11) is 0. The molecule has 0 aliphatic carbocycles. The van der Waals surface area contributed by atoms with Crippen LogP contribution in [-0.4, -0.2) is 34.3 Å². The first-order chi connectivity index (χ1) is 11.3. The van der Waals surface area contributed by atoms with E-state index in [0.717, 1.165) is 4.93 Å². The Bertz CT molecular complexity index is 512. The molecule has 12 heteroatoms. The van der Waals surface area contributed by atoms with E-state index in [4.69, 9.17) is 35.1 Å². The zero-order valence-electron chi connectivity index (χ0n) is 14.3. The van der Waals surface area contributed by atoms with E-state index < -0.39 is 29.5 Å². The molecular formula is C13H29MoNO6P2S2. The van der Waals surface area contributed by atoms with Crippen molar-refractivity contribution in [2.45, 2.75) is 36.3 Å². The van der Waals surface area contributed by atoms with Gasteiger partial charge in [0.05, 0.1) is 0 Å². The Balaban J connectivity index is 0. The van der Waals surface area contributed by atoms with Crippen molar-refractivity contribution in [3.63, 3.8) is 0 Å². The van der Waals surface area contributed by atoms with Gasteiger partial charge in [-0.15, -0.1) is 0 Å². The number of hydrogen-bond donors (Lipinski definition) is 7. The molecule has 150 valence electrons. The third-order valence-electron chi connectivity index (χ3n) is 2.75. The van der Waals surface area contributed by atoms with Gasteiger partial charge in [0, 0.05) is 0 Å². The SMILES string of the molecule is CC[CH2][Mo]([CH2]N)([CH2]CC)[c]1ccccc1.OP(O)(O)=S.OP(O)(O)=S. The second kappa shape index (κ2) is 14.0. The largest absolute Gasteiger partial charge is 0.325 e. The van der Waals surface area contributed by atoms with Crippen molar-refractivity contribution in [3.05, 3.63) is 30.3 Å². The molecule has 0 amide bonds. The summed E-state index contributed by atoms with van der Waals surface area (Å²) >= 11 is 5.26. The molecule has 1 aromatic carbocycles. The van der Waals surface area contributed by atoms with Gasteiger partial charge in [-0.1, -0.05) is 0 Å². The van der Waals surface area contributed by atoms with Crippen LogP contribution in [0.5, 0.6) is 0 Å². The molecule has 1 aromatic rings. The Hall–Kier alpha value is 0.928. The zero-order chi connectivity index (χ0) is 20.1. The van der Waals surface area contributed by atoms with Crippen LogP contribution in [-0.2, 0) is 39.7 Å². The third kappa shape index (κ3) is 19.5. The van der Waals surface area contributed by atoms with Crippen molar-refractivity contribution in [3.8, 4) is 0 Å². The van der Waals surface area contributed by atoms with E-state index in [2.05, 4.69) is 67.8 Å². The number of hydrogen-bond acceptors (Lipinski definition) is 3. The van der Waals surface area contributed by atoms with Gasteiger partial charge in [-0.05, 0) is 23.6 Å². The Morgan fingerprint density at radius 1 is 0.840 bits per heavy atom. The molecule has 0 heterocycles. The fourth-order valence-electron chi connectivity index (χ4n) is 2.09. The monoisotopic (exact) mass is 519 g/mol. The molecule has 0 atom stereocenters. The van der Waals surface area contributed by atoms with Gasteiger partial charge in [0.1, 0.15) is 0 Å². The number of rotatable bonds is 6. The molecule has 8 N–H and O–H groups in total. The number of benzene rings is 1. The van der Waals surface area contributed by atoms with Gasteiger partial charge in [-0.3, -0.25) is 0 Å². The van der Waals surface area contributed by atoms with Crippen LogP contribution < -0.4 is 9.69 Å². The molecule has 0 aliphatic rings. The fraction of sp³-hybridized carbons (Fsp3) is 0.538. The Morgan fingerprint density at radius 2 is 1.16 bits per heavy atom. The van der Waals surface area contributed by atoms with Gasteiger partial charge < -0.3 is 29.4 Å². The molecular weight excluding hydrogens is 488 g/mol. The maximum absolute atomic E-state index is 7.56. The van der Waals surface area contributed by atoms with Crippen LogP contribution in [0.3, 0.4) is 0 Å². The van der Waals surface area contributed by atoms with Crippen LogP contribution in [0.2, 0.25) is 9.62 Å². The van der Waals surface area contributed by atoms with Crippen LogP contribution in [0, 0.1) is 0 Å². The minimum atomic E-state index is -3.81. The minimum Gasteiger partial charge on any atom is -0.325 e. The second-order valence-electron chi connectivity index (χ2n) is 4.96. The summed E-state index contributed by atoms with van der Waals surface area (Å²) < 4.78 is 1.60. The van der Waals surface area contributed by atoms with Crippen molar-refractivity contribution in [2.75, 3.05) is 4.93 Å². The Kier molecular flexibility index (Phi) is 15.8. The van der Waals surface area contributed by atoms with Gasteiger partial charge in [0.2, 0.25) is 0 Å². The quantitative estimate of drug-likeness (QED) is 0.220. The van der Waals surface area contributed by atoms with Gasteiger partial charge in [-0.2, -0.15) is 0 Å². The van der Waals surface area contributed by atoms with Crippen molar-refractivity contribution in [1.82, 2.24) is 0 Å². The van der Waals surface area contributed by atoms with Gasteiger partial charge in [0.25, 0.3) is 0 Å². The molecule has 0 bridgehead atoms. The molecule has 25 heavy (non-hydrogen) atoms. The van der Waals surface area contributed by atoms with Crippen LogP contribution in [0.1, 0.15) is 26.7 Å². The molecule has 0 saturated heterocycles.